The predicted molar refractivity (Wildman–Crippen MR) is 70.1 cm³/mol. The Kier molecular flexibility index (Phi) is 3.01. The summed E-state index contributed by atoms with van der Waals surface area (Å²) in [6, 6.07) is 10.3. The zero-order chi connectivity index (χ0) is 13.2. The monoisotopic (exact) mass is 274 g/mol. The fourth-order valence-electron chi connectivity index (χ4n) is 1.75. The number of halogens is 2. The maximum absolute atomic E-state index is 13.1. The van der Waals surface area contributed by atoms with Gasteiger partial charge >= 0.3 is 0 Å². The average molecular weight is 275 g/mol. The molecule has 19 heavy (non-hydrogen) atoms. The van der Waals surface area contributed by atoms with Crippen LogP contribution in [-0.2, 0) is 0 Å². The summed E-state index contributed by atoms with van der Waals surface area (Å²) in [6.45, 7) is 0. The minimum atomic E-state index is -0.417. The SMILES string of the molecule is Fc1cncc(-c2cc(-c3ccccc3Cl)on2)c1. The summed E-state index contributed by atoms with van der Waals surface area (Å²) in [5.41, 5.74) is 1.82. The van der Waals surface area contributed by atoms with Crippen LogP contribution in [-0.4, -0.2) is 10.1 Å². The van der Waals surface area contributed by atoms with E-state index in [4.69, 9.17) is 16.1 Å². The smallest absolute Gasteiger partial charge is 0.168 e. The topological polar surface area (TPSA) is 38.9 Å². The van der Waals surface area contributed by atoms with Gasteiger partial charge in [-0.15, -0.1) is 0 Å². The second-order valence-corrected chi connectivity index (χ2v) is 4.36. The van der Waals surface area contributed by atoms with Gasteiger partial charge in [0.1, 0.15) is 11.5 Å². The van der Waals surface area contributed by atoms with Gasteiger partial charge in [-0.1, -0.05) is 28.9 Å². The minimum Gasteiger partial charge on any atom is -0.356 e. The highest BCUT2D eigenvalue weighted by atomic mass is 35.5. The van der Waals surface area contributed by atoms with E-state index in [-0.39, 0.29) is 0 Å². The Labute approximate surface area is 113 Å². The van der Waals surface area contributed by atoms with Gasteiger partial charge in [0, 0.05) is 23.4 Å². The van der Waals surface area contributed by atoms with Crippen molar-refractivity contribution >= 4 is 11.6 Å². The van der Waals surface area contributed by atoms with Crippen molar-refractivity contribution in [2.75, 3.05) is 0 Å². The van der Waals surface area contributed by atoms with E-state index in [0.29, 0.717) is 22.0 Å². The summed E-state index contributed by atoms with van der Waals surface area (Å²) in [4.78, 5) is 3.78. The maximum atomic E-state index is 13.1. The number of hydrogen-bond acceptors (Lipinski definition) is 3. The Balaban J connectivity index is 2.03. The van der Waals surface area contributed by atoms with Crippen LogP contribution in [0.4, 0.5) is 4.39 Å². The van der Waals surface area contributed by atoms with Crippen molar-refractivity contribution in [1.82, 2.24) is 10.1 Å². The van der Waals surface area contributed by atoms with Crippen LogP contribution < -0.4 is 0 Å². The number of benzene rings is 1. The molecule has 0 aliphatic heterocycles. The summed E-state index contributed by atoms with van der Waals surface area (Å²) < 4.78 is 18.3. The zero-order valence-electron chi connectivity index (χ0n) is 9.68. The van der Waals surface area contributed by atoms with Crippen LogP contribution in [0.1, 0.15) is 0 Å². The molecule has 0 aliphatic carbocycles. The van der Waals surface area contributed by atoms with E-state index >= 15 is 0 Å². The Morgan fingerprint density at radius 1 is 1.11 bits per heavy atom. The summed E-state index contributed by atoms with van der Waals surface area (Å²) in [5, 5.41) is 4.48. The first kappa shape index (κ1) is 11.9. The summed E-state index contributed by atoms with van der Waals surface area (Å²) in [7, 11) is 0. The molecule has 0 spiro atoms. The van der Waals surface area contributed by atoms with Gasteiger partial charge < -0.3 is 4.52 Å². The van der Waals surface area contributed by atoms with Gasteiger partial charge in [-0.2, -0.15) is 0 Å². The molecule has 0 saturated heterocycles. The molecule has 2 aromatic heterocycles. The third-order valence-corrected chi connectivity index (χ3v) is 2.98. The fourth-order valence-corrected chi connectivity index (χ4v) is 1.98. The van der Waals surface area contributed by atoms with Crippen molar-refractivity contribution in [1.29, 1.82) is 0 Å². The van der Waals surface area contributed by atoms with E-state index in [1.54, 1.807) is 12.1 Å². The molecule has 94 valence electrons. The Morgan fingerprint density at radius 2 is 1.95 bits per heavy atom. The molecule has 2 heterocycles. The van der Waals surface area contributed by atoms with Gasteiger partial charge in [0.25, 0.3) is 0 Å². The molecule has 0 unspecified atom stereocenters. The lowest BCUT2D eigenvalue weighted by Crippen LogP contribution is -1.82. The van der Waals surface area contributed by atoms with Crippen LogP contribution in [0.5, 0.6) is 0 Å². The number of pyridine rings is 1. The first-order valence-corrected chi connectivity index (χ1v) is 5.94. The molecule has 0 atom stereocenters. The number of hydrogen-bond donors (Lipinski definition) is 0. The van der Waals surface area contributed by atoms with Crippen LogP contribution in [0.25, 0.3) is 22.6 Å². The maximum Gasteiger partial charge on any atom is 0.168 e. The van der Waals surface area contributed by atoms with E-state index in [9.17, 15) is 4.39 Å². The van der Waals surface area contributed by atoms with Gasteiger partial charge in [-0.25, -0.2) is 4.39 Å². The number of nitrogens with zero attached hydrogens (tertiary/aromatic N) is 2. The molecule has 0 aliphatic rings. The lowest BCUT2D eigenvalue weighted by Gasteiger charge is -1.97. The van der Waals surface area contributed by atoms with E-state index in [0.717, 1.165) is 11.8 Å². The molecule has 0 bridgehead atoms. The third-order valence-electron chi connectivity index (χ3n) is 2.65. The van der Waals surface area contributed by atoms with Gasteiger partial charge in [-0.05, 0) is 18.2 Å². The third kappa shape index (κ3) is 2.35. The molecule has 5 heteroatoms. The molecular weight excluding hydrogens is 267 g/mol. The van der Waals surface area contributed by atoms with Gasteiger partial charge in [0.2, 0.25) is 0 Å². The molecule has 0 N–H and O–H groups in total. The second-order valence-electron chi connectivity index (χ2n) is 3.95. The Hall–Kier alpha value is -2.20. The molecule has 0 saturated carbocycles. The number of rotatable bonds is 2. The Bertz CT molecular complexity index is 727. The normalized spacial score (nSPS) is 10.6. The van der Waals surface area contributed by atoms with Crippen molar-refractivity contribution in [3.8, 4) is 22.6 Å². The minimum absolute atomic E-state index is 0.417. The van der Waals surface area contributed by atoms with Crippen molar-refractivity contribution in [3.05, 3.63) is 59.6 Å². The van der Waals surface area contributed by atoms with Crippen molar-refractivity contribution in [2.45, 2.75) is 0 Å². The van der Waals surface area contributed by atoms with Crippen LogP contribution >= 0.6 is 11.6 Å². The lowest BCUT2D eigenvalue weighted by molar-refractivity contribution is 0.435. The molecule has 0 radical (unpaired) electrons. The fraction of sp³-hybridized carbons (Fsp3) is 0. The van der Waals surface area contributed by atoms with Gasteiger partial charge in [-0.3, -0.25) is 4.98 Å². The van der Waals surface area contributed by atoms with Crippen LogP contribution in [0.2, 0.25) is 5.02 Å². The Morgan fingerprint density at radius 3 is 2.74 bits per heavy atom. The zero-order valence-corrected chi connectivity index (χ0v) is 10.4. The van der Waals surface area contributed by atoms with Crippen molar-refractivity contribution in [2.24, 2.45) is 0 Å². The summed E-state index contributed by atoms with van der Waals surface area (Å²) in [5.74, 6) is 0.115. The highest BCUT2D eigenvalue weighted by molar-refractivity contribution is 6.33. The lowest BCUT2D eigenvalue weighted by atomic mass is 10.1. The van der Waals surface area contributed by atoms with Crippen molar-refractivity contribution < 1.29 is 8.91 Å². The number of aromatic nitrogens is 2. The van der Waals surface area contributed by atoms with E-state index < -0.39 is 5.82 Å². The van der Waals surface area contributed by atoms with Crippen LogP contribution in [0, 0.1) is 5.82 Å². The first-order chi connectivity index (χ1) is 9.24. The standard InChI is InChI=1S/C14H8ClFN2O/c15-12-4-2-1-3-11(12)14-6-13(18-19-14)9-5-10(16)8-17-7-9/h1-8H. The second kappa shape index (κ2) is 4.82. The van der Waals surface area contributed by atoms with Crippen molar-refractivity contribution in [3.63, 3.8) is 0 Å². The van der Waals surface area contributed by atoms with Crippen LogP contribution in [0.3, 0.4) is 0 Å². The van der Waals surface area contributed by atoms with E-state index in [1.165, 1.54) is 12.3 Å². The molecular formula is C14H8ClFN2O. The first-order valence-electron chi connectivity index (χ1n) is 5.56. The highest BCUT2D eigenvalue weighted by Crippen LogP contribution is 2.30. The quantitative estimate of drug-likeness (QED) is 0.703. The van der Waals surface area contributed by atoms with Gasteiger partial charge in [0.05, 0.1) is 11.2 Å². The van der Waals surface area contributed by atoms with E-state index in [2.05, 4.69) is 10.1 Å². The molecule has 3 rings (SSSR count). The molecule has 0 amide bonds. The molecule has 3 aromatic rings. The molecule has 0 fully saturated rings. The summed E-state index contributed by atoms with van der Waals surface area (Å²) >= 11 is 6.08. The van der Waals surface area contributed by atoms with E-state index in [1.807, 2.05) is 18.2 Å². The van der Waals surface area contributed by atoms with Gasteiger partial charge in [0.15, 0.2) is 5.76 Å². The van der Waals surface area contributed by atoms with Crippen LogP contribution in [0.15, 0.2) is 53.3 Å². The largest absolute Gasteiger partial charge is 0.356 e. The summed E-state index contributed by atoms with van der Waals surface area (Å²) in [6.07, 6.45) is 2.66. The molecule has 3 nitrogen and oxygen atoms in total. The highest BCUT2D eigenvalue weighted by Gasteiger charge is 2.11. The average Bonchev–Trinajstić information content (AvgIpc) is 2.89. The predicted octanol–water partition coefficient (Wildman–Crippen LogP) is 4.20. The molecule has 1 aromatic carbocycles.